The minimum absolute atomic E-state index is 0.183. The van der Waals surface area contributed by atoms with E-state index in [1.165, 1.54) is 6.33 Å². The number of nitrogens with two attached hydrogens (primary N) is 2. The molecule has 0 saturated carbocycles. The molecule has 1 aromatic rings. The van der Waals surface area contributed by atoms with Crippen molar-refractivity contribution >= 4 is 17.8 Å². The molecule has 0 fully saturated rings. The molecule has 0 aromatic carbocycles. The molecule has 10 heteroatoms. The van der Waals surface area contributed by atoms with E-state index >= 15 is 0 Å². The van der Waals surface area contributed by atoms with Crippen LogP contribution in [-0.4, -0.2) is 51.5 Å². The number of hydrogen-bond acceptors (Lipinski definition) is 5. The molecule has 0 unspecified atom stereocenters. The Morgan fingerprint density at radius 1 is 1.50 bits per heavy atom. The average Bonchev–Trinajstić information content (AvgIpc) is 2.94. The maximum atomic E-state index is 11.9. The second-order valence-corrected chi connectivity index (χ2v) is 4.75. The van der Waals surface area contributed by atoms with Crippen molar-refractivity contribution in [2.75, 3.05) is 6.54 Å². The van der Waals surface area contributed by atoms with Gasteiger partial charge in [0.2, 0.25) is 5.91 Å². The number of aliphatic carboxylic acids is 1. The van der Waals surface area contributed by atoms with Gasteiger partial charge in [-0.15, -0.1) is 0 Å². The monoisotopic (exact) mass is 311 g/mol. The summed E-state index contributed by atoms with van der Waals surface area (Å²) in [6, 6.07) is -1.91. The molecule has 0 radical (unpaired) electrons. The van der Waals surface area contributed by atoms with Crippen molar-refractivity contribution in [2.45, 2.75) is 31.3 Å². The van der Waals surface area contributed by atoms with Crippen LogP contribution in [0.25, 0.3) is 0 Å². The molecule has 1 heterocycles. The second-order valence-electron chi connectivity index (χ2n) is 4.75. The lowest BCUT2D eigenvalue weighted by atomic mass is 10.1. The van der Waals surface area contributed by atoms with Gasteiger partial charge >= 0.3 is 5.97 Å². The van der Waals surface area contributed by atoms with Crippen molar-refractivity contribution in [3.8, 4) is 0 Å². The molecule has 0 bridgehead atoms. The Kier molecular flexibility index (Phi) is 6.83. The van der Waals surface area contributed by atoms with E-state index in [9.17, 15) is 9.59 Å². The second kappa shape index (κ2) is 8.62. The first kappa shape index (κ1) is 17.4. The van der Waals surface area contributed by atoms with Crippen LogP contribution in [0.15, 0.2) is 12.5 Å². The molecule has 1 rings (SSSR count). The summed E-state index contributed by atoms with van der Waals surface area (Å²) >= 11 is 0. The minimum atomic E-state index is -1.14. The number of guanidine groups is 1. The molecular formula is C12H21N7O3. The largest absolute Gasteiger partial charge is 0.480 e. The van der Waals surface area contributed by atoms with E-state index in [-0.39, 0.29) is 18.8 Å². The van der Waals surface area contributed by atoms with Gasteiger partial charge in [0, 0.05) is 19.2 Å². The number of hydrogen-bond donors (Lipinski definition) is 7. The van der Waals surface area contributed by atoms with Crippen molar-refractivity contribution in [3.05, 3.63) is 18.2 Å². The first-order chi connectivity index (χ1) is 10.4. The first-order valence-corrected chi connectivity index (χ1v) is 6.74. The highest BCUT2D eigenvalue weighted by atomic mass is 16.4. The third-order valence-electron chi connectivity index (χ3n) is 2.92. The number of nitrogens with one attached hydrogen (secondary N) is 4. The molecule has 0 aliphatic heterocycles. The number of carboxylic acids is 1. The number of carbonyl (C=O) groups excluding carboxylic acids is 1. The van der Waals surface area contributed by atoms with Gasteiger partial charge in [-0.1, -0.05) is 0 Å². The summed E-state index contributed by atoms with van der Waals surface area (Å²) in [5, 5.41) is 21.1. The topological polar surface area (TPSA) is 183 Å². The number of imidazole rings is 1. The van der Waals surface area contributed by atoms with Crippen LogP contribution in [0.2, 0.25) is 0 Å². The number of aromatic nitrogens is 2. The van der Waals surface area contributed by atoms with Gasteiger partial charge in [0.25, 0.3) is 0 Å². The SMILES string of the molecule is N=C(N)NCCC[C@H](NC(=O)[C@@H](N)Cc1c[nH]cn1)C(=O)O. The van der Waals surface area contributed by atoms with Gasteiger partial charge in [-0.3, -0.25) is 10.2 Å². The van der Waals surface area contributed by atoms with Crippen LogP contribution >= 0.6 is 0 Å². The van der Waals surface area contributed by atoms with E-state index in [0.717, 1.165) is 0 Å². The maximum absolute atomic E-state index is 11.9. The van der Waals surface area contributed by atoms with Crippen LogP contribution in [0.3, 0.4) is 0 Å². The third-order valence-corrected chi connectivity index (χ3v) is 2.92. The summed E-state index contributed by atoms with van der Waals surface area (Å²) < 4.78 is 0. The first-order valence-electron chi connectivity index (χ1n) is 6.74. The molecule has 2 atom stereocenters. The van der Waals surface area contributed by atoms with Gasteiger partial charge in [-0.25, -0.2) is 9.78 Å². The Labute approximate surface area is 127 Å². The van der Waals surface area contributed by atoms with Crippen LogP contribution in [0.5, 0.6) is 0 Å². The summed E-state index contributed by atoms with van der Waals surface area (Å²) in [5.74, 6) is -1.87. The smallest absolute Gasteiger partial charge is 0.326 e. The molecule has 10 nitrogen and oxygen atoms in total. The molecule has 0 saturated heterocycles. The van der Waals surface area contributed by atoms with E-state index in [1.54, 1.807) is 6.20 Å². The Balaban J connectivity index is 2.42. The predicted molar refractivity (Wildman–Crippen MR) is 79.0 cm³/mol. The predicted octanol–water partition coefficient (Wildman–Crippen LogP) is -1.89. The molecule has 9 N–H and O–H groups in total. The number of aromatic amines is 1. The molecule has 1 amide bonds. The summed E-state index contributed by atoms with van der Waals surface area (Å²) in [4.78, 5) is 29.8. The Hall–Kier alpha value is -2.62. The van der Waals surface area contributed by atoms with E-state index in [1.807, 2.05) is 0 Å². The fourth-order valence-corrected chi connectivity index (χ4v) is 1.79. The van der Waals surface area contributed by atoms with Gasteiger partial charge in [-0.2, -0.15) is 0 Å². The number of H-pyrrole nitrogens is 1. The van der Waals surface area contributed by atoms with Crippen LogP contribution in [-0.2, 0) is 16.0 Å². The van der Waals surface area contributed by atoms with Crippen LogP contribution in [0, 0.1) is 5.41 Å². The van der Waals surface area contributed by atoms with Gasteiger partial charge in [-0.05, 0) is 12.8 Å². The van der Waals surface area contributed by atoms with Crippen molar-refractivity contribution in [1.82, 2.24) is 20.6 Å². The Bertz CT molecular complexity index is 503. The lowest BCUT2D eigenvalue weighted by Gasteiger charge is -2.17. The fraction of sp³-hybridized carbons (Fsp3) is 0.500. The fourth-order valence-electron chi connectivity index (χ4n) is 1.79. The number of carboxylic acid groups (broad SMARTS) is 1. The number of rotatable bonds is 9. The summed E-state index contributed by atoms with van der Waals surface area (Å²) in [7, 11) is 0. The number of carbonyl (C=O) groups is 2. The normalized spacial score (nSPS) is 13.1. The van der Waals surface area contributed by atoms with Gasteiger partial charge < -0.3 is 32.2 Å². The van der Waals surface area contributed by atoms with Crippen molar-refractivity contribution in [2.24, 2.45) is 11.5 Å². The van der Waals surface area contributed by atoms with Crippen molar-refractivity contribution in [1.29, 1.82) is 5.41 Å². The molecule has 0 aliphatic rings. The zero-order valence-electron chi connectivity index (χ0n) is 12.0. The van der Waals surface area contributed by atoms with E-state index in [2.05, 4.69) is 20.6 Å². The lowest BCUT2D eigenvalue weighted by molar-refractivity contribution is -0.142. The zero-order valence-corrected chi connectivity index (χ0v) is 12.0. The quantitative estimate of drug-likeness (QED) is 0.158. The highest BCUT2D eigenvalue weighted by Crippen LogP contribution is 2.00. The van der Waals surface area contributed by atoms with Gasteiger partial charge in [0.15, 0.2) is 5.96 Å². The van der Waals surface area contributed by atoms with Gasteiger partial charge in [0.1, 0.15) is 6.04 Å². The van der Waals surface area contributed by atoms with Crippen molar-refractivity contribution < 1.29 is 14.7 Å². The molecule has 0 aliphatic carbocycles. The maximum Gasteiger partial charge on any atom is 0.326 e. The third kappa shape index (κ3) is 6.22. The average molecular weight is 311 g/mol. The number of nitrogens with zero attached hydrogens (tertiary/aromatic N) is 1. The van der Waals surface area contributed by atoms with Crippen molar-refractivity contribution in [3.63, 3.8) is 0 Å². The molecule has 122 valence electrons. The Morgan fingerprint density at radius 2 is 2.23 bits per heavy atom. The molecule has 0 spiro atoms. The highest BCUT2D eigenvalue weighted by Gasteiger charge is 2.23. The molecular weight excluding hydrogens is 290 g/mol. The van der Waals surface area contributed by atoms with Crippen LogP contribution in [0.1, 0.15) is 18.5 Å². The minimum Gasteiger partial charge on any atom is -0.480 e. The van der Waals surface area contributed by atoms with Crippen LogP contribution in [0.4, 0.5) is 0 Å². The standard InChI is InChI=1S/C12H21N7O3/c13-8(4-7-5-16-6-18-7)10(20)19-9(11(21)22)2-1-3-17-12(14)15/h5-6,8-9H,1-4,13H2,(H,16,18)(H,19,20)(H,21,22)(H4,14,15,17)/t8-,9-/m0/s1. The highest BCUT2D eigenvalue weighted by molar-refractivity contribution is 5.86. The Morgan fingerprint density at radius 3 is 2.77 bits per heavy atom. The summed E-state index contributed by atoms with van der Waals surface area (Å²) in [6.07, 6.45) is 3.95. The van der Waals surface area contributed by atoms with E-state index < -0.39 is 24.0 Å². The van der Waals surface area contributed by atoms with E-state index in [4.69, 9.17) is 22.0 Å². The molecule has 1 aromatic heterocycles. The van der Waals surface area contributed by atoms with E-state index in [0.29, 0.717) is 18.7 Å². The summed E-state index contributed by atoms with van der Waals surface area (Å²) in [6.45, 7) is 0.355. The zero-order chi connectivity index (χ0) is 16.5. The summed E-state index contributed by atoms with van der Waals surface area (Å²) in [5.41, 5.74) is 11.5. The van der Waals surface area contributed by atoms with Gasteiger partial charge in [0.05, 0.1) is 18.1 Å². The number of amides is 1. The molecule has 22 heavy (non-hydrogen) atoms. The van der Waals surface area contributed by atoms with Crippen LogP contribution < -0.4 is 22.1 Å². The lowest BCUT2D eigenvalue weighted by Crippen LogP contribution is -2.49.